The summed E-state index contributed by atoms with van der Waals surface area (Å²) >= 11 is 0. The van der Waals surface area contributed by atoms with E-state index in [2.05, 4.69) is 22.9 Å². The number of hydrogen-bond acceptors (Lipinski definition) is 4. The maximum Gasteiger partial charge on any atom is 0.325 e. The first-order valence-electron chi connectivity index (χ1n) is 8.66. The summed E-state index contributed by atoms with van der Waals surface area (Å²) in [6, 6.07) is -0.373. The van der Waals surface area contributed by atoms with E-state index in [-0.39, 0.29) is 24.4 Å². The van der Waals surface area contributed by atoms with Gasteiger partial charge in [-0.1, -0.05) is 26.2 Å². The van der Waals surface area contributed by atoms with Crippen molar-refractivity contribution in [2.24, 2.45) is 5.92 Å². The number of piperidine rings is 1. The molecule has 2 aliphatic heterocycles. The highest BCUT2D eigenvalue weighted by Gasteiger charge is 2.51. The SMILES string of the molecule is CC1CCNCC1NC(=O)CN1C(=O)NC2(CCCCC2)C1=O. The fourth-order valence-corrected chi connectivity index (χ4v) is 3.89. The fourth-order valence-electron chi connectivity index (χ4n) is 3.89. The van der Waals surface area contributed by atoms with Crippen LogP contribution in [0.1, 0.15) is 45.4 Å². The number of hydrogen-bond donors (Lipinski definition) is 3. The zero-order chi connectivity index (χ0) is 16.4. The Labute approximate surface area is 136 Å². The number of rotatable bonds is 3. The van der Waals surface area contributed by atoms with Crippen molar-refractivity contribution >= 4 is 17.8 Å². The molecule has 0 aromatic heterocycles. The average molecular weight is 322 g/mol. The number of nitrogens with zero attached hydrogens (tertiary/aromatic N) is 1. The van der Waals surface area contributed by atoms with Crippen LogP contribution in [0.25, 0.3) is 0 Å². The molecular formula is C16H26N4O3. The summed E-state index contributed by atoms with van der Waals surface area (Å²) in [6.07, 6.45) is 5.35. The van der Waals surface area contributed by atoms with Gasteiger partial charge >= 0.3 is 6.03 Å². The number of carbonyl (C=O) groups excluding carboxylic acids is 3. The van der Waals surface area contributed by atoms with Crippen LogP contribution in [0.2, 0.25) is 0 Å². The fraction of sp³-hybridized carbons (Fsp3) is 0.812. The molecule has 2 atom stereocenters. The number of urea groups is 1. The molecule has 23 heavy (non-hydrogen) atoms. The van der Waals surface area contributed by atoms with E-state index in [0.717, 1.165) is 43.7 Å². The van der Waals surface area contributed by atoms with Crippen molar-refractivity contribution < 1.29 is 14.4 Å². The van der Waals surface area contributed by atoms with E-state index in [1.807, 2.05) is 0 Å². The molecule has 7 nitrogen and oxygen atoms in total. The van der Waals surface area contributed by atoms with Gasteiger partial charge in [-0.3, -0.25) is 14.5 Å². The van der Waals surface area contributed by atoms with Crippen LogP contribution in [0, 0.1) is 5.92 Å². The molecular weight excluding hydrogens is 296 g/mol. The van der Waals surface area contributed by atoms with Crippen LogP contribution in [-0.2, 0) is 9.59 Å². The summed E-state index contributed by atoms with van der Waals surface area (Å²) in [5.41, 5.74) is -0.755. The molecule has 3 aliphatic rings. The largest absolute Gasteiger partial charge is 0.350 e. The van der Waals surface area contributed by atoms with E-state index >= 15 is 0 Å². The molecule has 0 aromatic rings. The van der Waals surface area contributed by atoms with Gasteiger partial charge in [-0.05, 0) is 31.7 Å². The molecule has 128 valence electrons. The van der Waals surface area contributed by atoms with Crippen LogP contribution in [-0.4, -0.2) is 54.0 Å². The van der Waals surface area contributed by atoms with Gasteiger partial charge in [0.2, 0.25) is 5.91 Å². The molecule has 0 radical (unpaired) electrons. The second-order valence-corrected chi connectivity index (χ2v) is 7.11. The molecule has 3 N–H and O–H groups in total. The monoisotopic (exact) mass is 322 g/mol. The van der Waals surface area contributed by atoms with Crippen molar-refractivity contribution in [3.8, 4) is 0 Å². The third-order valence-electron chi connectivity index (χ3n) is 5.43. The Bertz CT molecular complexity index is 502. The second kappa shape index (κ2) is 6.47. The first-order chi connectivity index (χ1) is 11.0. The second-order valence-electron chi connectivity index (χ2n) is 7.11. The third kappa shape index (κ3) is 3.20. The van der Waals surface area contributed by atoms with Crippen molar-refractivity contribution in [2.75, 3.05) is 19.6 Å². The Hall–Kier alpha value is -1.63. The van der Waals surface area contributed by atoms with Gasteiger partial charge in [0, 0.05) is 12.6 Å². The molecule has 1 aliphatic carbocycles. The van der Waals surface area contributed by atoms with Crippen molar-refractivity contribution in [2.45, 2.75) is 57.0 Å². The van der Waals surface area contributed by atoms with Gasteiger partial charge in [0.25, 0.3) is 5.91 Å². The van der Waals surface area contributed by atoms with E-state index in [9.17, 15) is 14.4 Å². The number of nitrogens with one attached hydrogen (secondary N) is 3. The zero-order valence-electron chi connectivity index (χ0n) is 13.7. The minimum absolute atomic E-state index is 0.0562. The Balaban J connectivity index is 1.59. The molecule has 1 spiro atoms. The Morgan fingerprint density at radius 2 is 2.04 bits per heavy atom. The molecule has 1 saturated carbocycles. The minimum Gasteiger partial charge on any atom is -0.350 e. The van der Waals surface area contributed by atoms with Crippen LogP contribution in [0.15, 0.2) is 0 Å². The van der Waals surface area contributed by atoms with Crippen molar-refractivity contribution in [3.63, 3.8) is 0 Å². The highest BCUT2D eigenvalue weighted by molar-refractivity contribution is 6.09. The molecule has 2 heterocycles. The van der Waals surface area contributed by atoms with Gasteiger partial charge in [0.15, 0.2) is 0 Å². The van der Waals surface area contributed by atoms with E-state index in [4.69, 9.17) is 0 Å². The summed E-state index contributed by atoms with van der Waals surface area (Å²) in [5, 5.41) is 9.04. The lowest BCUT2D eigenvalue weighted by Gasteiger charge is -2.31. The van der Waals surface area contributed by atoms with Gasteiger partial charge in [-0.25, -0.2) is 4.79 Å². The molecule has 7 heteroatoms. The lowest BCUT2D eigenvalue weighted by molar-refractivity contribution is -0.136. The van der Waals surface area contributed by atoms with Crippen LogP contribution in [0.5, 0.6) is 0 Å². The van der Waals surface area contributed by atoms with Gasteiger partial charge in [-0.2, -0.15) is 0 Å². The summed E-state index contributed by atoms with van der Waals surface area (Å²) in [6.45, 7) is 3.62. The summed E-state index contributed by atoms with van der Waals surface area (Å²) < 4.78 is 0. The predicted molar refractivity (Wildman–Crippen MR) is 84.6 cm³/mol. The van der Waals surface area contributed by atoms with Crippen LogP contribution >= 0.6 is 0 Å². The topological polar surface area (TPSA) is 90.5 Å². The third-order valence-corrected chi connectivity index (χ3v) is 5.43. The molecule has 0 aromatic carbocycles. The summed E-state index contributed by atoms with van der Waals surface area (Å²) in [5.74, 6) is -0.0953. The van der Waals surface area contributed by atoms with E-state index < -0.39 is 11.6 Å². The van der Waals surface area contributed by atoms with E-state index in [1.165, 1.54) is 0 Å². The maximum absolute atomic E-state index is 12.6. The lowest BCUT2D eigenvalue weighted by atomic mass is 9.82. The highest BCUT2D eigenvalue weighted by Crippen LogP contribution is 2.33. The number of imide groups is 1. The lowest BCUT2D eigenvalue weighted by Crippen LogP contribution is -2.53. The predicted octanol–water partition coefficient (Wildman–Crippen LogP) is 0.355. The van der Waals surface area contributed by atoms with E-state index in [0.29, 0.717) is 18.8 Å². The minimum atomic E-state index is -0.755. The molecule has 3 rings (SSSR count). The van der Waals surface area contributed by atoms with Crippen LogP contribution in [0.3, 0.4) is 0 Å². The maximum atomic E-state index is 12.6. The van der Waals surface area contributed by atoms with Gasteiger partial charge in [0.05, 0.1) is 0 Å². The van der Waals surface area contributed by atoms with Gasteiger partial charge in [-0.15, -0.1) is 0 Å². The van der Waals surface area contributed by atoms with Gasteiger partial charge < -0.3 is 16.0 Å². The van der Waals surface area contributed by atoms with Gasteiger partial charge in [0.1, 0.15) is 12.1 Å². The van der Waals surface area contributed by atoms with Crippen molar-refractivity contribution in [3.05, 3.63) is 0 Å². The number of amides is 4. The quantitative estimate of drug-likeness (QED) is 0.654. The standard InChI is InChI=1S/C16H26N4O3/c1-11-5-8-17-9-12(11)18-13(21)10-20-14(22)16(19-15(20)23)6-3-2-4-7-16/h11-12,17H,2-10H2,1H3,(H,18,21)(H,19,23). The highest BCUT2D eigenvalue weighted by atomic mass is 16.2. The molecule has 2 saturated heterocycles. The molecule has 2 unspecified atom stereocenters. The van der Waals surface area contributed by atoms with Crippen LogP contribution < -0.4 is 16.0 Å². The Morgan fingerprint density at radius 3 is 2.74 bits per heavy atom. The van der Waals surface area contributed by atoms with E-state index in [1.54, 1.807) is 0 Å². The average Bonchev–Trinajstić information content (AvgIpc) is 2.75. The number of carbonyl (C=O) groups is 3. The molecule has 0 bridgehead atoms. The normalized spacial score (nSPS) is 30.4. The van der Waals surface area contributed by atoms with Crippen molar-refractivity contribution in [1.82, 2.24) is 20.9 Å². The van der Waals surface area contributed by atoms with Crippen molar-refractivity contribution in [1.29, 1.82) is 0 Å². The summed E-state index contributed by atoms with van der Waals surface area (Å²) in [7, 11) is 0. The first kappa shape index (κ1) is 16.2. The smallest absolute Gasteiger partial charge is 0.325 e. The Morgan fingerprint density at radius 1 is 1.30 bits per heavy atom. The zero-order valence-corrected chi connectivity index (χ0v) is 13.7. The Kier molecular flexibility index (Phi) is 4.57. The molecule has 4 amide bonds. The van der Waals surface area contributed by atoms with Crippen LogP contribution in [0.4, 0.5) is 4.79 Å². The first-order valence-corrected chi connectivity index (χ1v) is 8.66. The molecule has 3 fully saturated rings. The summed E-state index contributed by atoms with van der Waals surface area (Å²) in [4.78, 5) is 38.1.